The number of aldehydes is 1. The predicted molar refractivity (Wildman–Crippen MR) is 108 cm³/mol. The van der Waals surface area contributed by atoms with Crippen molar-refractivity contribution in [1.82, 2.24) is 9.97 Å². The number of carbonyl (C=O) groups excluding carboxylic acids is 1. The van der Waals surface area contributed by atoms with Gasteiger partial charge in [0, 0.05) is 25.3 Å². The molecule has 0 bridgehead atoms. The molecular weight excluding hydrogens is 400 g/mol. The first kappa shape index (κ1) is 19.4. The number of hydrogen-bond donors (Lipinski definition) is 2. The van der Waals surface area contributed by atoms with Crippen molar-refractivity contribution in [2.45, 2.75) is 25.7 Å². The fraction of sp³-hybridized carbons (Fsp3) is 0.353. The van der Waals surface area contributed by atoms with Gasteiger partial charge in [0.15, 0.2) is 12.1 Å². The molecule has 8 heteroatoms. The van der Waals surface area contributed by atoms with Crippen LogP contribution in [0.2, 0.25) is 25.7 Å². The van der Waals surface area contributed by atoms with Crippen molar-refractivity contribution in [2.24, 2.45) is 0 Å². The molecule has 134 valence electrons. The van der Waals surface area contributed by atoms with Crippen molar-refractivity contribution < 1.29 is 9.53 Å². The van der Waals surface area contributed by atoms with E-state index < -0.39 is 8.07 Å². The number of anilines is 3. The van der Waals surface area contributed by atoms with Crippen molar-refractivity contribution in [3.63, 3.8) is 0 Å². The minimum Gasteiger partial charge on any atom is -0.477 e. The summed E-state index contributed by atoms with van der Waals surface area (Å²) in [7, 11) is 0.494. The Morgan fingerprint density at radius 1 is 1.20 bits per heavy atom. The van der Waals surface area contributed by atoms with Crippen molar-refractivity contribution >= 4 is 47.7 Å². The summed E-state index contributed by atoms with van der Waals surface area (Å²) in [5.74, 6) is 1.11. The zero-order valence-corrected chi connectivity index (χ0v) is 17.5. The van der Waals surface area contributed by atoms with Gasteiger partial charge in [0.1, 0.15) is 5.56 Å². The number of rotatable bonds is 8. The molecule has 2 rings (SSSR count). The number of aromatic nitrogens is 2. The molecule has 0 aliphatic rings. The van der Waals surface area contributed by atoms with E-state index in [0.29, 0.717) is 29.8 Å². The Kier molecular flexibility index (Phi) is 6.55. The Bertz CT molecular complexity index is 733. The Balaban J connectivity index is 2.29. The molecule has 2 aromatic rings. The van der Waals surface area contributed by atoms with Gasteiger partial charge in [0.05, 0.1) is 6.61 Å². The fourth-order valence-corrected chi connectivity index (χ4v) is 2.97. The van der Waals surface area contributed by atoms with E-state index in [1.54, 1.807) is 7.05 Å². The highest BCUT2D eigenvalue weighted by Crippen LogP contribution is 2.27. The SMILES string of the molecule is CNc1nc(Nc2ccc(Br)cc2)c(C=O)c(OCC[Si](C)(C)C)n1. The third-order valence-electron chi connectivity index (χ3n) is 3.45. The van der Waals surface area contributed by atoms with E-state index in [-0.39, 0.29) is 0 Å². The quantitative estimate of drug-likeness (QED) is 0.479. The molecule has 1 aromatic carbocycles. The third kappa shape index (κ3) is 5.82. The summed E-state index contributed by atoms with van der Waals surface area (Å²) in [6.45, 7) is 7.36. The van der Waals surface area contributed by atoms with Crippen LogP contribution in [0.4, 0.5) is 17.5 Å². The summed E-state index contributed by atoms with van der Waals surface area (Å²) in [6, 6.07) is 8.60. The second-order valence-electron chi connectivity index (χ2n) is 6.77. The van der Waals surface area contributed by atoms with Crippen molar-refractivity contribution in [1.29, 1.82) is 0 Å². The van der Waals surface area contributed by atoms with Crippen LogP contribution in [0, 0.1) is 0 Å². The van der Waals surface area contributed by atoms with Crippen LogP contribution in [0.3, 0.4) is 0 Å². The molecule has 0 aliphatic heterocycles. The first-order chi connectivity index (χ1) is 11.8. The smallest absolute Gasteiger partial charge is 0.231 e. The fourth-order valence-electron chi connectivity index (χ4n) is 2.00. The molecule has 1 heterocycles. The van der Waals surface area contributed by atoms with E-state index in [9.17, 15) is 4.79 Å². The molecule has 0 unspecified atom stereocenters. The van der Waals surface area contributed by atoms with Gasteiger partial charge in [-0.2, -0.15) is 9.97 Å². The lowest BCUT2D eigenvalue weighted by molar-refractivity contribution is 0.111. The number of hydrogen-bond acceptors (Lipinski definition) is 6. The van der Waals surface area contributed by atoms with Gasteiger partial charge in [-0.3, -0.25) is 4.79 Å². The predicted octanol–water partition coefficient (Wildman–Crippen LogP) is 4.55. The molecule has 1 aromatic heterocycles. The van der Waals surface area contributed by atoms with E-state index >= 15 is 0 Å². The Morgan fingerprint density at radius 3 is 2.44 bits per heavy atom. The van der Waals surface area contributed by atoms with Crippen LogP contribution in [0.5, 0.6) is 5.88 Å². The van der Waals surface area contributed by atoms with Crippen LogP contribution in [-0.4, -0.2) is 38.0 Å². The summed E-state index contributed by atoms with van der Waals surface area (Å²) < 4.78 is 6.78. The van der Waals surface area contributed by atoms with Crippen LogP contribution in [-0.2, 0) is 0 Å². The monoisotopic (exact) mass is 422 g/mol. The highest BCUT2D eigenvalue weighted by molar-refractivity contribution is 9.10. The maximum Gasteiger partial charge on any atom is 0.231 e. The highest BCUT2D eigenvalue weighted by atomic mass is 79.9. The Hall–Kier alpha value is -1.93. The standard InChI is InChI=1S/C17H23BrN4O2Si/c1-19-17-21-15(20-13-7-5-12(18)6-8-13)14(11-23)16(22-17)24-9-10-25(2,3)4/h5-8,11H,9-10H2,1-4H3,(H2,19,20,21,22). The summed E-state index contributed by atoms with van der Waals surface area (Å²) in [4.78, 5) is 20.3. The first-order valence-corrected chi connectivity index (χ1v) is 12.5. The summed E-state index contributed by atoms with van der Waals surface area (Å²) in [5.41, 5.74) is 1.14. The van der Waals surface area contributed by atoms with Gasteiger partial charge < -0.3 is 15.4 Å². The van der Waals surface area contributed by atoms with E-state index in [4.69, 9.17) is 4.74 Å². The van der Waals surface area contributed by atoms with Gasteiger partial charge in [-0.25, -0.2) is 0 Å². The van der Waals surface area contributed by atoms with E-state index in [1.807, 2.05) is 24.3 Å². The summed E-state index contributed by atoms with van der Waals surface area (Å²) >= 11 is 3.40. The lowest BCUT2D eigenvalue weighted by Crippen LogP contribution is -2.23. The highest BCUT2D eigenvalue weighted by Gasteiger charge is 2.18. The number of benzene rings is 1. The van der Waals surface area contributed by atoms with Gasteiger partial charge >= 0.3 is 0 Å². The zero-order valence-electron chi connectivity index (χ0n) is 14.9. The number of ether oxygens (including phenoxy) is 1. The lowest BCUT2D eigenvalue weighted by atomic mass is 10.3. The largest absolute Gasteiger partial charge is 0.477 e. The molecule has 0 saturated heterocycles. The number of nitrogens with one attached hydrogen (secondary N) is 2. The number of carbonyl (C=O) groups is 1. The average Bonchev–Trinajstić information content (AvgIpc) is 2.55. The minimum atomic E-state index is -1.23. The maximum absolute atomic E-state index is 11.6. The van der Waals surface area contributed by atoms with Crippen LogP contribution in [0.1, 0.15) is 10.4 Å². The second-order valence-corrected chi connectivity index (χ2v) is 13.3. The van der Waals surface area contributed by atoms with Crippen LogP contribution in [0.15, 0.2) is 28.7 Å². The van der Waals surface area contributed by atoms with E-state index in [1.165, 1.54) is 0 Å². The van der Waals surface area contributed by atoms with Crippen molar-refractivity contribution in [3.05, 3.63) is 34.3 Å². The van der Waals surface area contributed by atoms with Crippen LogP contribution < -0.4 is 15.4 Å². The molecule has 0 radical (unpaired) electrons. The molecule has 2 N–H and O–H groups in total. The minimum absolute atomic E-state index is 0.298. The maximum atomic E-state index is 11.6. The van der Waals surface area contributed by atoms with E-state index in [0.717, 1.165) is 22.5 Å². The normalized spacial score (nSPS) is 11.1. The summed E-state index contributed by atoms with van der Waals surface area (Å²) in [6.07, 6.45) is 0.727. The molecule has 0 atom stereocenters. The lowest BCUT2D eigenvalue weighted by Gasteiger charge is -2.17. The van der Waals surface area contributed by atoms with Gasteiger partial charge in [0.2, 0.25) is 11.8 Å². The third-order valence-corrected chi connectivity index (χ3v) is 5.68. The Morgan fingerprint density at radius 2 is 1.88 bits per heavy atom. The summed E-state index contributed by atoms with van der Waals surface area (Å²) in [5, 5.41) is 6.06. The Labute approximate surface area is 157 Å². The molecule has 0 fully saturated rings. The van der Waals surface area contributed by atoms with Crippen molar-refractivity contribution in [3.8, 4) is 5.88 Å². The van der Waals surface area contributed by atoms with E-state index in [2.05, 4.69) is 56.2 Å². The molecule has 25 heavy (non-hydrogen) atoms. The molecule has 0 aliphatic carbocycles. The van der Waals surface area contributed by atoms with Gasteiger partial charge in [-0.05, 0) is 30.3 Å². The van der Waals surface area contributed by atoms with Gasteiger partial charge in [0.25, 0.3) is 0 Å². The average molecular weight is 423 g/mol. The van der Waals surface area contributed by atoms with Gasteiger partial charge in [-0.1, -0.05) is 35.6 Å². The number of nitrogens with zero attached hydrogens (tertiary/aromatic N) is 2. The van der Waals surface area contributed by atoms with Crippen LogP contribution in [0.25, 0.3) is 0 Å². The molecular formula is C17H23BrN4O2Si. The molecule has 0 spiro atoms. The first-order valence-electron chi connectivity index (χ1n) is 8.03. The molecule has 6 nitrogen and oxygen atoms in total. The van der Waals surface area contributed by atoms with Gasteiger partial charge in [-0.15, -0.1) is 0 Å². The second kappa shape index (κ2) is 8.44. The number of halogens is 1. The van der Waals surface area contributed by atoms with Crippen molar-refractivity contribution in [2.75, 3.05) is 24.3 Å². The molecule has 0 saturated carbocycles. The molecule has 0 amide bonds. The zero-order chi connectivity index (χ0) is 18.4. The topological polar surface area (TPSA) is 76.1 Å². The van der Waals surface area contributed by atoms with Crippen LogP contribution >= 0.6 is 15.9 Å².